The minimum atomic E-state index is 0.0300. The highest BCUT2D eigenvalue weighted by Crippen LogP contribution is 2.40. The van der Waals surface area contributed by atoms with Gasteiger partial charge in [-0.3, -0.25) is 9.59 Å². The van der Waals surface area contributed by atoms with Crippen molar-refractivity contribution in [3.63, 3.8) is 0 Å². The second-order valence-corrected chi connectivity index (χ2v) is 8.39. The lowest BCUT2D eigenvalue weighted by molar-refractivity contribution is -0.141. The van der Waals surface area contributed by atoms with Crippen LogP contribution in [-0.4, -0.2) is 60.5 Å². The van der Waals surface area contributed by atoms with Crippen molar-refractivity contribution >= 4 is 11.8 Å². The lowest BCUT2D eigenvalue weighted by Gasteiger charge is -2.47. The minimum absolute atomic E-state index is 0.0300. The van der Waals surface area contributed by atoms with E-state index in [1.807, 2.05) is 9.80 Å². The average Bonchev–Trinajstić information content (AvgIpc) is 3.24. The third kappa shape index (κ3) is 3.90. The van der Waals surface area contributed by atoms with Crippen molar-refractivity contribution in [2.24, 2.45) is 5.41 Å². The molecule has 0 aromatic heterocycles. The third-order valence-electron chi connectivity index (χ3n) is 6.57. The number of nitrogens with zero attached hydrogens (tertiary/aromatic N) is 3. The highest BCUT2D eigenvalue weighted by Gasteiger charge is 2.42. The Kier molecular flexibility index (Phi) is 5.36. The van der Waals surface area contributed by atoms with Crippen molar-refractivity contribution in [1.82, 2.24) is 9.80 Å². The monoisotopic (exact) mass is 381 g/mol. The van der Waals surface area contributed by atoms with E-state index in [-0.39, 0.29) is 23.3 Å². The number of carbonyl (C=O) groups is 2. The predicted octanol–water partition coefficient (Wildman–Crippen LogP) is 2.58. The van der Waals surface area contributed by atoms with Crippen molar-refractivity contribution in [3.05, 3.63) is 35.4 Å². The summed E-state index contributed by atoms with van der Waals surface area (Å²) in [5.41, 5.74) is 1.33. The standard InChI is InChI=1S/C22H27N3O3/c23-14-17-3-5-18(6-4-17)21(27)24-11-9-22(10-12-24)8-7-20(26)25(16-22)15-19-2-1-13-28-19/h3-6,19H,1-2,7-13,15-16H2/t19-/m1/s1. The number of carbonyl (C=O) groups excluding carboxylic acids is 2. The van der Waals surface area contributed by atoms with Crippen LogP contribution in [0.5, 0.6) is 0 Å². The number of rotatable bonds is 3. The van der Waals surface area contributed by atoms with Crippen molar-refractivity contribution < 1.29 is 14.3 Å². The summed E-state index contributed by atoms with van der Waals surface area (Å²) < 4.78 is 5.73. The van der Waals surface area contributed by atoms with Gasteiger partial charge >= 0.3 is 0 Å². The van der Waals surface area contributed by atoms with E-state index in [9.17, 15) is 9.59 Å². The normalized spacial score (nSPS) is 24.4. The molecular weight excluding hydrogens is 354 g/mol. The van der Waals surface area contributed by atoms with Crippen molar-refractivity contribution in [2.75, 3.05) is 32.8 Å². The Morgan fingerprint density at radius 2 is 1.96 bits per heavy atom. The Bertz CT molecular complexity index is 769. The highest BCUT2D eigenvalue weighted by molar-refractivity contribution is 5.94. The van der Waals surface area contributed by atoms with Crippen LogP contribution in [0.15, 0.2) is 24.3 Å². The maximum atomic E-state index is 12.8. The number of benzene rings is 1. The summed E-state index contributed by atoms with van der Waals surface area (Å²) >= 11 is 0. The number of likely N-dealkylation sites (tertiary alicyclic amines) is 2. The molecule has 1 spiro atoms. The van der Waals surface area contributed by atoms with Crippen LogP contribution in [0.1, 0.15) is 54.4 Å². The molecule has 3 aliphatic heterocycles. The second-order valence-electron chi connectivity index (χ2n) is 8.39. The Hall–Kier alpha value is -2.39. The fourth-order valence-electron chi connectivity index (χ4n) is 4.77. The summed E-state index contributed by atoms with van der Waals surface area (Å²) in [6, 6.07) is 8.92. The van der Waals surface area contributed by atoms with E-state index in [0.717, 1.165) is 58.3 Å². The molecule has 1 aromatic rings. The zero-order chi connectivity index (χ0) is 19.6. The maximum absolute atomic E-state index is 12.8. The van der Waals surface area contributed by atoms with Gasteiger partial charge in [0.1, 0.15) is 0 Å². The average molecular weight is 381 g/mol. The van der Waals surface area contributed by atoms with E-state index >= 15 is 0 Å². The second kappa shape index (κ2) is 7.92. The molecule has 0 radical (unpaired) electrons. The summed E-state index contributed by atoms with van der Waals surface area (Å²) in [7, 11) is 0. The lowest BCUT2D eigenvalue weighted by atomic mass is 9.72. The molecule has 28 heavy (non-hydrogen) atoms. The smallest absolute Gasteiger partial charge is 0.253 e. The Labute approximate surface area is 166 Å². The molecule has 148 valence electrons. The molecule has 1 aromatic carbocycles. The Morgan fingerprint density at radius 1 is 1.21 bits per heavy atom. The zero-order valence-electron chi connectivity index (χ0n) is 16.2. The first-order valence-corrected chi connectivity index (χ1v) is 10.3. The summed E-state index contributed by atoms with van der Waals surface area (Å²) in [6.45, 7) is 3.77. The SMILES string of the molecule is N#Cc1ccc(C(=O)N2CCC3(CCC(=O)N(C[C@H]4CCCO4)C3)CC2)cc1. The van der Waals surface area contributed by atoms with Crippen LogP contribution in [0, 0.1) is 16.7 Å². The lowest BCUT2D eigenvalue weighted by Crippen LogP contribution is -2.53. The van der Waals surface area contributed by atoms with Gasteiger partial charge in [0.05, 0.1) is 17.7 Å². The van der Waals surface area contributed by atoms with Gasteiger partial charge in [-0.2, -0.15) is 5.26 Å². The number of hydrogen-bond acceptors (Lipinski definition) is 4. The summed E-state index contributed by atoms with van der Waals surface area (Å²) in [6.07, 6.45) is 5.73. The topological polar surface area (TPSA) is 73.6 Å². The van der Waals surface area contributed by atoms with Gasteiger partial charge in [0, 0.05) is 44.8 Å². The first kappa shape index (κ1) is 18.9. The van der Waals surface area contributed by atoms with Crippen molar-refractivity contribution in [1.29, 1.82) is 5.26 Å². The van der Waals surface area contributed by atoms with Crippen LogP contribution in [0.4, 0.5) is 0 Å². The predicted molar refractivity (Wildman–Crippen MR) is 104 cm³/mol. The number of amides is 2. The van der Waals surface area contributed by atoms with E-state index in [2.05, 4.69) is 6.07 Å². The molecular formula is C22H27N3O3. The molecule has 0 unspecified atom stereocenters. The van der Waals surface area contributed by atoms with Crippen LogP contribution in [0.3, 0.4) is 0 Å². The van der Waals surface area contributed by atoms with Gasteiger partial charge in [-0.1, -0.05) is 0 Å². The maximum Gasteiger partial charge on any atom is 0.253 e. The molecule has 6 heteroatoms. The van der Waals surface area contributed by atoms with Crippen LogP contribution < -0.4 is 0 Å². The molecule has 3 heterocycles. The summed E-state index contributed by atoms with van der Waals surface area (Å²) in [5.74, 6) is 0.277. The summed E-state index contributed by atoms with van der Waals surface area (Å²) in [4.78, 5) is 29.1. The highest BCUT2D eigenvalue weighted by atomic mass is 16.5. The number of piperidine rings is 2. The van der Waals surface area contributed by atoms with Crippen LogP contribution >= 0.6 is 0 Å². The zero-order valence-corrected chi connectivity index (χ0v) is 16.2. The molecule has 4 rings (SSSR count). The van der Waals surface area contributed by atoms with E-state index in [4.69, 9.17) is 10.00 Å². The quantitative estimate of drug-likeness (QED) is 0.807. The molecule has 3 fully saturated rings. The van der Waals surface area contributed by atoms with E-state index in [1.54, 1.807) is 24.3 Å². The van der Waals surface area contributed by atoms with Gasteiger partial charge in [0.15, 0.2) is 0 Å². The van der Waals surface area contributed by atoms with Gasteiger partial charge in [0.25, 0.3) is 5.91 Å². The first-order valence-electron chi connectivity index (χ1n) is 10.3. The Balaban J connectivity index is 1.36. The number of nitriles is 1. The molecule has 0 saturated carbocycles. The third-order valence-corrected chi connectivity index (χ3v) is 6.57. The fraction of sp³-hybridized carbons (Fsp3) is 0.591. The minimum Gasteiger partial charge on any atom is -0.376 e. The molecule has 6 nitrogen and oxygen atoms in total. The first-order chi connectivity index (χ1) is 13.6. The van der Waals surface area contributed by atoms with E-state index in [0.29, 0.717) is 24.1 Å². The van der Waals surface area contributed by atoms with Gasteiger partial charge in [0.2, 0.25) is 5.91 Å². The van der Waals surface area contributed by atoms with E-state index < -0.39 is 0 Å². The molecule has 0 bridgehead atoms. The van der Waals surface area contributed by atoms with E-state index in [1.165, 1.54) is 0 Å². The van der Waals surface area contributed by atoms with Gasteiger partial charge in [-0.25, -0.2) is 0 Å². The van der Waals surface area contributed by atoms with Gasteiger partial charge in [-0.05, 0) is 61.8 Å². The number of ether oxygens (including phenoxy) is 1. The van der Waals surface area contributed by atoms with Crippen LogP contribution in [0.2, 0.25) is 0 Å². The molecule has 1 atom stereocenters. The molecule has 3 aliphatic rings. The number of hydrogen-bond donors (Lipinski definition) is 0. The molecule has 0 aliphatic carbocycles. The Morgan fingerprint density at radius 3 is 2.61 bits per heavy atom. The van der Waals surface area contributed by atoms with Crippen LogP contribution in [-0.2, 0) is 9.53 Å². The largest absolute Gasteiger partial charge is 0.376 e. The molecule has 2 amide bonds. The summed E-state index contributed by atoms with van der Waals surface area (Å²) in [5, 5.41) is 8.91. The van der Waals surface area contributed by atoms with Gasteiger partial charge in [-0.15, -0.1) is 0 Å². The molecule has 0 N–H and O–H groups in total. The fourth-order valence-corrected chi connectivity index (χ4v) is 4.77. The van der Waals surface area contributed by atoms with Crippen molar-refractivity contribution in [2.45, 2.75) is 44.6 Å². The molecule has 3 saturated heterocycles. The van der Waals surface area contributed by atoms with Crippen LogP contribution in [0.25, 0.3) is 0 Å². The van der Waals surface area contributed by atoms with Crippen molar-refractivity contribution in [3.8, 4) is 6.07 Å². The van der Waals surface area contributed by atoms with Gasteiger partial charge < -0.3 is 14.5 Å².